The van der Waals surface area contributed by atoms with Crippen molar-refractivity contribution in [3.63, 3.8) is 0 Å². The lowest BCUT2D eigenvalue weighted by molar-refractivity contribution is 0.0564. The molecule has 2 bridgehead atoms. The van der Waals surface area contributed by atoms with Gasteiger partial charge in [0.2, 0.25) is 0 Å². The average Bonchev–Trinajstić information content (AvgIpc) is 3.24. The fourth-order valence-electron chi connectivity index (χ4n) is 4.60. The number of hydrogen-bond acceptors (Lipinski definition) is 6. The highest BCUT2D eigenvalue weighted by Gasteiger charge is 2.37. The second kappa shape index (κ2) is 7.16. The number of nitrogens with zero attached hydrogens (tertiary/aromatic N) is 3. The molecule has 1 N–H and O–H groups in total. The van der Waals surface area contributed by atoms with E-state index in [4.69, 9.17) is 9.62 Å². The van der Waals surface area contributed by atoms with E-state index in [1.807, 2.05) is 10.6 Å². The number of piperidine rings is 1. The monoisotopic (exact) mass is 406 g/mol. The van der Waals surface area contributed by atoms with Crippen LogP contribution in [0.1, 0.15) is 28.6 Å². The van der Waals surface area contributed by atoms with Crippen molar-refractivity contribution in [1.82, 2.24) is 9.47 Å². The van der Waals surface area contributed by atoms with Crippen molar-refractivity contribution >= 4 is 11.6 Å². The van der Waals surface area contributed by atoms with Crippen molar-refractivity contribution in [2.24, 2.45) is 5.92 Å². The Labute approximate surface area is 172 Å². The number of carbonyl (C=O) groups is 1. The molecular weight excluding hydrogens is 386 g/mol. The van der Waals surface area contributed by atoms with Crippen molar-refractivity contribution in [3.05, 3.63) is 81.6 Å². The van der Waals surface area contributed by atoms with Crippen LogP contribution in [-0.2, 0) is 6.54 Å². The Kier molecular flexibility index (Phi) is 4.45. The Balaban J connectivity index is 1.38. The van der Waals surface area contributed by atoms with E-state index in [2.05, 4.69) is 0 Å². The molecule has 5 rings (SSSR count). The van der Waals surface area contributed by atoms with Crippen molar-refractivity contribution < 1.29 is 14.4 Å². The molecule has 2 atom stereocenters. The number of likely N-dealkylation sites (tertiary alicyclic amines) is 1. The zero-order valence-electron chi connectivity index (χ0n) is 16.1. The molecule has 0 spiro atoms. The second-order valence-corrected chi connectivity index (χ2v) is 7.90. The lowest BCUT2D eigenvalue weighted by Crippen LogP contribution is -2.49. The van der Waals surface area contributed by atoms with E-state index in [0.717, 1.165) is 12.1 Å². The van der Waals surface area contributed by atoms with Crippen molar-refractivity contribution in [2.45, 2.75) is 18.9 Å². The molecule has 30 heavy (non-hydrogen) atoms. The summed E-state index contributed by atoms with van der Waals surface area (Å²) in [6, 6.07) is 14.9. The molecule has 1 amide bonds. The Bertz CT molecular complexity index is 1170. The smallest absolute Gasteiger partial charge is 0.289 e. The van der Waals surface area contributed by atoms with Crippen LogP contribution < -0.4 is 10.8 Å². The fraction of sp³-hybridized carbons (Fsp3) is 0.273. The van der Waals surface area contributed by atoms with Crippen molar-refractivity contribution in [2.75, 3.05) is 18.3 Å². The first kappa shape index (κ1) is 18.7. The molecule has 3 aromatic rings. The van der Waals surface area contributed by atoms with Gasteiger partial charge in [-0.2, -0.15) is 0 Å². The summed E-state index contributed by atoms with van der Waals surface area (Å²) < 4.78 is 7.61. The predicted molar refractivity (Wildman–Crippen MR) is 109 cm³/mol. The number of hydrogen-bond donors (Lipinski definition) is 1. The van der Waals surface area contributed by atoms with E-state index in [1.165, 1.54) is 12.1 Å². The van der Waals surface area contributed by atoms with Gasteiger partial charge in [0.15, 0.2) is 5.76 Å². The molecule has 8 heteroatoms. The highest BCUT2D eigenvalue weighted by Crippen LogP contribution is 2.36. The number of benzene rings is 1. The number of aromatic nitrogens is 1. The van der Waals surface area contributed by atoms with Crippen LogP contribution in [0.15, 0.2) is 63.8 Å². The molecule has 1 fully saturated rings. The number of pyridine rings is 1. The molecule has 1 aromatic carbocycles. The topological polar surface area (TPSA) is 102 Å². The Morgan fingerprint density at radius 1 is 1.10 bits per heavy atom. The van der Waals surface area contributed by atoms with Gasteiger partial charge in [0.05, 0.1) is 5.69 Å². The first-order valence-electron chi connectivity index (χ1n) is 9.85. The van der Waals surface area contributed by atoms with Gasteiger partial charge in [-0.1, -0.05) is 18.2 Å². The highest BCUT2D eigenvalue weighted by atomic mass is 16.8. The van der Waals surface area contributed by atoms with E-state index in [-0.39, 0.29) is 40.0 Å². The first-order chi connectivity index (χ1) is 14.5. The van der Waals surface area contributed by atoms with Gasteiger partial charge in [-0.05, 0) is 42.7 Å². The van der Waals surface area contributed by atoms with Crippen LogP contribution in [0, 0.1) is 11.1 Å². The minimum absolute atomic E-state index is 0.0133. The van der Waals surface area contributed by atoms with Gasteiger partial charge in [-0.25, -0.2) is 0 Å². The summed E-state index contributed by atoms with van der Waals surface area (Å²) in [6.07, 6.45) is 0.969. The number of amides is 1. The summed E-state index contributed by atoms with van der Waals surface area (Å²) in [7, 11) is 0. The third kappa shape index (κ3) is 3.20. The molecular formula is C22H20N3O5-. The molecule has 2 aliphatic heterocycles. The van der Waals surface area contributed by atoms with Crippen LogP contribution in [0.3, 0.4) is 0 Å². The number of rotatable bonds is 3. The molecule has 2 aromatic heterocycles. The van der Waals surface area contributed by atoms with Gasteiger partial charge in [0, 0.05) is 42.9 Å². The molecule has 0 radical (unpaired) electrons. The third-order valence-electron chi connectivity index (χ3n) is 5.94. The maximum Gasteiger partial charge on any atom is 0.289 e. The average molecular weight is 406 g/mol. The molecule has 4 heterocycles. The normalized spacial score (nSPS) is 20.0. The van der Waals surface area contributed by atoms with Gasteiger partial charge in [0.25, 0.3) is 11.5 Å². The van der Waals surface area contributed by atoms with Crippen molar-refractivity contribution in [1.29, 1.82) is 0 Å². The van der Waals surface area contributed by atoms with Crippen molar-refractivity contribution in [3.8, 4) is 11.3 Å². The van der Waals surface area contributed by atoms with Gasteiger partial charge in [-0.3, -0.25) is 14.8 Å². The minimum Gasteiger partial charge on any atom is -0.733 e. The Hall–Kier alpha value is -3.36. The van der Waals surface area contributed by atoms with E-state index >= 15 is 0 Å². The van der Waals surface area contributed by atoms with Crippen LogP contribution >= 0.6 is 0 Å². The van der Waals surface area contributed by atoms with Gasteiger partial charge >= 0.3 is 0 Å². The standard InChI is InChI=1S/C22H20N3O5/c26-21-6-2-5-18-16-9-14(12-24(18)21)11-23(13-16)22(27)20-8-7-19(30-20)15-3-1-4-17(10-15)25(28)29/h1-8,10,14,16,28H,9,11-13H2/q-1/t14-,16-/m0/s1. The quantitative estimate of drug-likeness (QED) is 0.671. The molecule has 1 saturated heterocycles. The Morgan fingerprint density at radius 3 is 2.77 bits per heavy atom. The fourth-order valence-corrected chi connectivity index (χ4v) is 4.60. The number of carbonyl (C=O) groups excluding carboxylic acids is 1. The number of fused-ring (bicyclic) bond motifs is 4. The van der Waals surface area contributed by atoms with Gasteiger partial charge in [0.1, 0.15) is 5.76 Å². The van der Waals surface area contributed by atoms with Crippen LogP contribution in [0.2, 0.25) is 0 Å². The molecule has 0 unspecified atom stereocenters. The van der Waals surface area contributed by atoms with E-state index in [0.29, 0.717) is 31.0 Å². The molecule has 8 nitrogen and oxygen atoms in total. The molecule has 0 aliphatic carbocycles. The number of furan rings is 1. The molecule has 154 valence electrons. The van der Waals surface area contributed by atoms with Crippen LogP contribution in [0.5, 0.6) is 0 Å². The molecule has 2 aliphatic rings. The summed E-state index contributed by atoms with van der Waals surface area (Å²) in [5.41, 5.74) is 1.67. The van der Waals surface area contributed by atoms with Crippen LogP contribution in [-0.4, -0.2) is 33.7 Å². The Morgan fingerprint density at radius 2 is 1.93 bits per heavy atom. The van der Waals surface area contributed by atoms with Crippen LogP contribution in [0.25, 0.3) is 11.3 Å². The third-order valence-corrected chi connectivity index (χ3v) is 5.94. The summed E-state index contributed by atoms with van der Waals surface area (Å²) in [4.78, 5) is 27.1. The zero-order valence-corrected chi connectivity index (χ0v) is 16.1. The van der Waals surface area contributed by atoms with E-state index < -0.39 is 0 Å². The highest BCUT2D eigenvalue weighted by molar-refractivity contribution is 5.92. The second-order valence-electron chi connectivity index (χ2n) is 7.90. The number of anilines is 1. The molecule has 0 saturated carbocycles. The lowest BCUT2D eigenvalue weighted by atomic mass is 9.83. The van der Waals surface area contributed by atoms with Gasteiger partial charge < -0.3 is 24.3 Å². The lowest BCUT2D eigenvalue weighted by Gasteiger charge is -2.42. The largest absolute Gasteiger partial charge is 0.733 e. The zero-order chi connectivity index (χ0) is 20.8. The maximum atomic E-state index is 13.1. The first-order valence-corrected chi connectivity index (χ1v) is 9.85. The summed E-state index contributed by atoms with van der Waals surface area (Å²) in [5.74, 6) is 0.847. The van der Waals surface area contributed by atoms with E-state index in [9.17, 15) is 14.8 Å². The van der Waals surface area contributed by atoms with Gasteiger partial charge in [-0.15, -0.1) is 0 Å². The summed E-state index contributed by atoms with van der Waals surface area (Å²) in [6.45, 7) is 1.75. The van der Waals surface area contributed by atoms with E-state index in [1.54, 1.807) is 41.3 Å². The maximum absolute atomic E-state index is 13.1. The SMILES string of the molecule is O=C(c1ccc(-c2cccc(N([O-])O)c2)o1)N1C[C@@H]2C[C@@H](C1)c1cccc(=O)n1C2. The minimum atomic E-state index is -0.214. The van der Waals surface area contributed by atoms with Crippen LogP contribution in [0.4, 0.5) is 5.69 Å². The summed E-state index contributed by atoms with van der Waals surface area (Å²) in [5, 5.41) is 20.0. The summed E-state index contributed by atoms with van der Waals surface area (Å²) >= 11 is 0. The predicted octanol–water partition coefficient (Wildman–Crippen LogP) is 3.06.